The number of unbranched alkanes of at least 4 members (excludes halogenated alkanes) is 2. The maximum atomic E-state index is 6.10. The molecule has 0 aromatic rings. The Morgan fingerprint density at radius 1 is 0.875 bits per heavy atom. The Hall–Kier alpha value is 0.154. The molecule has 0 heterocycles. The van der Waals surface area contributed by atoms with E-state index >= 15 is 0 Å². The Labute approximate surface area is 151 Å². The van der Waals surface area contributed by atoms with Crippen LogP contribution in [0.5, 0.6) is 0 Å². The van der Waals surface area contributed by atoms with E-state index in [2.05, 4.69) is 24.5 Å². The highest BCUT2D eigenvalue weighted by atomic mass is 28.4. The van der Waals surface area contributed by atoms with E-state index in [0.29, 0.717) is 0 Å². The molecule has 1 unspecified atom stereocenters. The average molecular weight is 383 g/mol. The molecule has 2 N–H and O–H groups in total. The van der Waals surface area contributed by atoms with Crippen molar-refractivity contribution >= 4 is 18.3 Å². The average Bonchev–Trinajstić information content (AvgIpc) is 2.62. The smallest absolute Gasteiger partial charge is 0.380 e. The van der Waals surface area contributed by atoms with Crippen molar-refractivity contribution in [3.8, 4) is 0 Å². The predicted molar refractivity (Wildman–Crippen MR) is 101 cm³/mol. The van der Waals surface area contributed by atoms with E-state index in [1.807, 2.05) is 0 Å². The fraction of sp³-hybridized carbons (Fsp3) is 1.00. The summed E-state index contributed by atoms with van der Waals surface area (Å²) in [6.07, 6.45) is 5.49. The largest absolute Gasteiger partial charge is 0.510 e. The summed E-state index contributed by atoms with van der Waals surface area (Å²) < 4.78 is 28.3. The maximum absolute atomic E-state index is 6.10. The van der Waals surface area contributed by atoms with Crippen LogP contribution < -0.4 is 10.6 Å². The molecule has 0 aliphatic heterocycles. The van der Waals surface area contributed by atoms with Gasteiger partial charge in [-0.3, -0.25) is 0 Å². The SMILES string of the molecule is CCCCNCCC(NCCCC)[Si](OC)(OC)O[SiH](OC)OC. The Balaban J connectivity index is 4.89. The molecule has 0 rings (SSSR count). The summed E-state index contributed by atoms with van der Waals surface area (Å²) in [5.74, 6) is 0. The van der Waals surface area contributed by atoms with Gasteiger partial charge in [-0.2, -0.15) is 0 Å². The second-order valence-electron chi connectivity index (χ2n) is 5.64. The van der Waals surface area contributed by atoms with Crippen molar-refractivity contribution in [2.24, 2.45) is 0 Å². The fourth-order valence-corrected chi connectivity index (χ4v) is 7.49. The molecule has 146 valence electrons. The molecule has 9 heteroatoms. The first-order valence-corrected chi connectivity index (χ1v) is 12.1. The molecule has 0 bridgehead atoms. The van der Waals surface area contributed by atoms with Crippen LogP contribution in [0.15, 0.2) is 0 Å². The van der Waals surface area contributed by atoms with Crippen LogP contribution in [0.2, 0.25) is 0 Å². The summed E-state index contributed by atoms with van der Waals surface area (Å²) in [6, 6.07) is 0. The van der Waals surface area contributed by atoms with Gasteiger partial charge in [-0.05, 0) is 38.9 Å². The minimum absolute atomic E-state index is 0.00785. The monoisotopic (exact) mass is 382 g/mol. The molecule has 0 aromatic heterocycles. The minimum Gasteiger partial charge on any atom is -0.380 e. The van der Waals surface area contributed by atoms with Crippen molar-refractivity contribution in [1.82, 2.24) is 10.6 Å². The summed E-state index contributed by atoms with van der Waals surface area (Å²) >= 11 is 0. The number of rotatable bonds is 17. The molecule has 0 aliphatic rings. The van der Waals surface area contributed by atoms with Crippen molar-refractivity contribution in [2.75, 3.05) is 48.1 Å². The molecular formula is C15H38N2O5Si2. The number of nitrogens with one attached hydrogen (secondary N) is 2. The van der Waals surface area contributed by atoms with Gasteiger partial charge in [0.15, 0.2) is 0 Å². The van der Waals surface area contributed by atoms with Crippen LogP contribution in [0.3, 0.4) is 0 Å². The van der Waals surface area contributed by atoms with Crippen LogP contribution in [0, 0.1) is 0 Å². The molecule has 0 saturated heterocycles. The molecule has 0 aromatic carbocycles. The zero-order chi connectivity index (χ0) is 18.3. The molecule has 0 fully saturated rings. The van der Waals surface area contributed by atoms with E-state index in [4.69, 9.17) is 21.8 Å². The molecule has 0 radical (unpaired) electrons. The van der Waals surface area contributed by atoms with Gasteiger partial charge in [0, 0.05) is 28.4 Å². The van der Waals surface area contributed by atoms with E-state index < -0.39 is 18.3 Å². The third-order valence-electron chi connectivity index (χ3n) is 3.88. The van der Waals surface area contributed by atoms with E-state index in [0.717, 1.165) is 38.9 Å². The summed E-state index contributed by atoms with van der Waals surface area (Å²) in [6.45, 7) is 7.20. The quantitative estimate of drug-likeness (QED) is 0.290. The van der Waals surface area contributed by atoms with Crippen LogP contribution in [0.1, 0.15) is 46.0 Å². The van der Waals surface area contributed by atoms with Crippen molar-refractivity contribution in [3.05, 3.63) is 0 Å². The number of hydrogen-bond donors (Lipinski definition) is 2. The van der Waals surface area contributed by atoms with E-state index in [1.165, 1.54) is 12.8 Å². The molecule has 1 atom stereocenters. The van der Waals surface area contributed by atoms with Crippen molar-refractivity contribution in [2.45, 2.75) is 51.6 Å². The van der Waals surface area contributed by atoms with Crippen LogP contribution in [-0.4, -0.2) is 72.1 Å². The van der Waals surface area contributed by atoms with Gasteiger partial charge in [0.1, 0.15) is 0 Å². The van der Waals surface area contributed by atoms with Gasteiger partial charge in [0.05, 0.1) is 5.67 Å². The van der Waals surface area contributed by atoms with Gasteiger partial charge in [0.25, 0.3) is 0 Å². The summed E-state index contributed by atoms with van der Waals surface area (Å²) in [7, 11) is 1.29. The van der Waals surface area contributed by atoms with Crippen molar-refractivity contribution in [3.63, 3.8) is 0 Å². The lowest BCUT2D eigenvalue weighted by Crippen LogP contribution is -2.64. The lowest BCUT2D eigenvalue weighted by molar-refractivity contribution is 0.0957. The normalized spacial score (nSPS) is 13.6. The Kier molecular flexibility index (Phi) is 15.5. The van der Waals surface area contributed by atoms with Gasteiger partial charge >= 0.3 is 18.3 Å². The van der Waals surface area contributed by atoms with Crippen LogP contribution in [0.25, 0.3) is 0 Å². The Morgan fingerprint density at radius 2 is 1.46 bits per heavy atom. The van der Waals surface area contributed by atoms with Crippen molar-refractivity contribution in [1.29, 1.82) is 0 Å². The Morgan fingerprint density at radius 3 is 1.96 bits per heavy atom. The molecular weight excluding hydrogens is 344 g/mol. The Bertz CT molecular complexity index is 283. The first kappa shape index (κ1) is 24.2. The summed E-state index contributed by atoms with van der Waals surface area (Å²) in [5.41, 5.74) is 0.00785. The highest BCUT2D eigenvalue weighted by Crippen LogP contribution is 2.18. The van der Waals surface area contributed by atoms with Gasteiger partial charge in [0.2, 0.25) is 0 Å². The second kappa shape index (κ2) is 15.4. The molecule has 7 nitrogen and oxygen atoms in total. The van der Waals surface area contributed by atoms with E-state index in [1.54, 1.807) is 28.4 Å². The fourth-order valence-electron chi connectivity index (χ4n) is 2.40. The third kappa shape index (κ3) is 9.02. The molecule has 0 aliphatic carbocycles. The van der Waals surface area contributed by atoms with E-state index in [9.17, 15) is 0 Å². The highest BCUT2D eigenvalue weighted by Gasteiger charge is 2.50. The van der Waals surface area contributed by atoms with Crippen LogP contribution >= 0.6 is 0 Å². The third-order valence-corrected chi connectivity index (χ3v) is 9.22. The summed E-state index contributed by atoms with van der Waals surface area (Å²) in [5, 5.41) is 7.04. The first-order valence-electron chi connectivity index (χ1n) is 8.91. The molecule has 0 spiro atoms. The zero-order valence-corrected chi connectivity index (χ0v) is 18.5. The van der Waals surface area contributed by atoms with E-state index in [-0.39, 0.29) is 5.67 Å². The van der Waals surface area contributed by atoms with Crippen LogP contribution in [-0.2, 0) is 21.8 Å². The van der Waals surface area contributed by atoms with Gasteiger partial charge in [-0.25, -0.2) is 0 Å². The molecule has 0 saturated carbocycles. The lowest BCUT2D eigenvalue weighted by atomic mass is 10.3. The first-order chi connectivity index (χ1) is 11.6. The van der Waals surface area contributed by atoms with Crippen molar-refractivity contribution < 1.29 is 21.8 Å². The highest BCUT2D eigenvalue weighted by molar-refractivity contribution is 6.68. The van der Waals surface area contributed by atoms with Gasteiger partial charge in [-0.15, -0.1) is 0 Å². The van der Waals surface area contributed by atoms with Gasteiger partial charge < -0.3 is 32.5 Å². The summed E-state index contributed by atoms with van der Waals surface area (Å²) in [4.78, 5) is 0. The minimum atomic E-state index is -2.94. The zero-order valence-electron chi connectivity index (χ0n) is 16.4. The molecule has 0 amide bonds. The second-order valence-corrected chi connectivity index (χ2v) is 10.8. The topological polar surface area (TPSA) is 70.2 Å². The lowest BCUT2D eigenvalue weighted by Gasteiger charge is -2.36. The number of hydrogen-bond acceptors (Lipinski definition) is 7. The standard InChI is InChI=1S/C15H38N2O5Si2/c1-7-9-12-16-14-11-15(17-13-10-8-2)24(20-5,21-6)22-23(18-3)19-4/h15-17,23H,7-14H2,1-6H3. The maximum Gasteiger partial charge on any atom is 0.510 e. The van der Waals surface area contributed by atoms with Crippen LogP contribution in [0.4, 0.5) is 0 Å². The predicted octanol–water partition coefficient (Wildman–Crippen LogP) is 1.32. The van der Waals surface area contributed by atoms with Gasteiger partial charge in [-0.1, -0.05) is 26.7 Å². The molecule has 24 heavy (non-hydrogen) atoms.